The quantitative estimate of drug-likeness (QED) is 0.919. The number of amides is 1. The third kappa shape index (κ3) is 4.37. The number of benzene rings is 1. The molecule has 0 spiro atoms. The number of carboxylic acids is 1. The molecule has 2 rings (SSSR count). The van der Waals surface area contributed by atoms with Gasteiger partial charge in [-0.25, -0.2) is 0 Å². The Labute approximate surface area is 119 Å². The summed E-state index contributed by atoms with van der Waals surface area (Å²) in [6.07, 6.45) is 5.11. The Morgan fingerprint density at radius 1 is 1.05 bits per heavy atom. The van der Waals surface area contributed by atoms with E-state index in [9.17, 15) is 9.59 Å². The van der Waals surface area contributed by atoms with Crippen molar-refractivity contribution in [3.05, 3.63) is 35.4 Å². The van der Waals surface area contributed by atoms with Gasteiger partial charge in [0.05, 0.1) is 6.42 Å². The van der Waals surface area contributed by atoms with Gasteiger partial charge in [0.25, 0.3) is 0 Å². The van der Waals surface area contributed by atoms with E-state index in [1.165, 1.54) is 6.42 Å². The zero-order chi connectivity index (χ0) is 14.4. The molecule has 1 aromatic carbocycles. The van der Waals surface area contributed by atoms with Crippen LogP contribution >= 0.6 is 0 Å². The summed E-state index contributed by atoms with van der Waals surface area (Å²) in [6.45, 7) is 1.46. The van der Waals surface area contributed by atoms with Gasteiger partial charge in [0.2, 0.25) is 5.91 Å². The van der Waals surface area contributed by atoms with Crippen molar-refractivity contribution < 1.29 is 14.7 Å². The third-order valence-electron chi connectivity index (χ3n) is 3.67. The van der Waals surface area contributed by atoms with Crippen molar-refractivity contribution in [2.24, 2.45) is 0 Å². The molecular weight excluding hydrogens is 254 g/mol. The summed E-state index contributed by atoms with van der Waals surface area (Å²) in [7, 11) is 0. The first-order valence-corrected chi connectivity index (χ1v) is 7.22. The number of hydrogen-bond donors (Lipinski definition) is 1. The zero-order valence-electron chi connectivity index (χ0n) is 11.7. The van der Waals surface area contributed by atoms with Crippen LogP contribution in [0.1, 0.15) is 43.2 Å². The van der Waals surface area contributed by atoms with Crippen LogP contribution in [0.4, 0.5) is 0 Å². The minimum absolute atomic E-state index is 0.0446. The molecule has 1 aliphatic heterocycles. The molecule has 0 radical (unpaired) electrons. The third-order valence-corrected chi connectivity index (χ3v) is 3.67. The van der Waals surface area contributed by atoms with Gasteiger partial charge in [-0.15, -0.1) is 0 Å². The highest BCUT2D eigenvalue weighted by Crippen LogP contribution is 2.15. The Kier molecular flexibility index (Phi) is 5.16. The van der Waals surface area contributed by atoms with E-state index in [4.69, 9.17) is 5.11 Å². The Balaban J connectivity index is 1.97. The number of carbonyl (C=O) groups is 2. The van der Waals surface area contributed by atoms with E-state index >= 15 is 0 Å². The summed E-state index contributed by atoms with van der Waals surface area (Å²) in [6, 6.07) is 7.50. The van der Waals surface area contributed by atoms with Gasteiger partial charge in [-0.1, -0.05) is 37.1 Å². The van der Waals surface area contributed by atoms with Crippen LogP contribution in [-0.2, 0) is 22.6 Å². The summed E-state index contributed by atoms with van der Waals surface area (Å²) >= 11 is 0. The number of nitrogens with zero attached hydrogens (tertiary/aromatic N) is 1. The molecule has 1 fully saturated rings. The van der Waals surface area contributed by atoms with Crippen LogP contribution < -0.4 is 0 Å². The fraction of sp³-hybridized carbons (Fsp3) is 0.500. The van der Waals surface area contributed by atoms with Crippen molar-refractivity contribution in [2.75, 3.05) is 6.54 Å². The molecule has 1 amide bonds. The molecule has 0 saturated carbocycles. The molecule has 20 heavy (non-hydrogen) atoms. The standard InChI is InChI=1S/C16H21NO3/c18-15-5-3-1-2-4-10-17(15)12-14-8-6-13(7-9-14)11-16(19)20/h6-9H,1-5,10-12H2,(H,19,20). The lowest BCUT2D eigenvalue weighted by Gasteiger charge is -2.25. The lowest BCUT2D eigenvalue weighted by atomic mass is 10.1. The van der Waals surface area contributed by atoms with Gasteiger partial charge < -0.3 is 10.0 Å². The van der Waals surface area contributed by atoms with Gasteiger partial charge >= 0.3 is 5.97 Å². The predicted molar refractivity (Wildman–Crippen MR) is 76.3 cm³/mol. The largest absolute Gasteiger partial charge is 0.481 e. The summed E-state index contributed by atoms with van der Waals surface area (Å²) < 4.78 is 0. The predicted octanol–water partition coefficient (Wildman–Crippen LogP) is 2.61. The van der Waals surface area contributed by atoms with Crippen LogP contribution in [0.25, 0.3) is 0 Å². The minimum atomic E-state index is -0.823. The van der Waals surface area contributed by atoms with E-state index in [0.29, 0.717) is 13.0 Å². The van der Waals surface area contributed by atoms with E-state index in [1.54, 1.807) is 0 Å². The summed E-state index contributed by atoms with van der Waals surface area (Å²) in [4.78, 5) is 24.6. The normalized spacial score (nSPS) is 16.6. The molecular formula is C16H21NO3. The van der Waals surface area contributed by atoms with Crippen LogP contribution in [0, 0.1) is 0 Å². The Hall–Kier alpha value is -1.84. The van der Waals surface area contributed by atoms with E-state index in [2.05, 4.69) is 0 Å². The highest BCUT2D eigenvalue weighted by molar-refractivity contribution is 5.76. The maximum Gasteiger partial charge on any atom is 0.307 e. The number of rotatable bonds is 4. The van der Waals surface area contributed by atoms with Gasteiger partial charge in [0.1, 0.15) is 0 Å². The van der Waals surface area contributed by atoms with Crippen LogP contribution in [0.2, 0.25) is 0 Å². The minimum Gasteiger partial charge on any atom is -0.481 e. The maximum atomic E-state index is 12.0. The topological polar surface area (TPSA) is 57.6 Å². The van der Waals surface area contributed by atoms with Crippen molar-refractivity contribution in [3.8, 4) is 0 Å². The number of hydrogen-bond acceptors (Lipinski definition) is 2. The van der Waals surface area contributed by atoms with Crippen LogP contribution in [0.15, 0.2) is 24.3 Å². The second-order valence-corrected chi connectivity index (χ2v) is 5.37. The number of aliphatic carboxylic acids is 1. The lowest BCUT2D eigenvalue weighted by Crippen LogP contribution is -2.32. The van der Waals surface area contributed by atoms with Gasteiger partial charge in [-0.3, -0.25) is 9.59 Å². The van der Waals surface area contributed by atoms with Gasteiger partial charge in [0, 0.05) is 19.5 Å². The van der Waals surface area contributed by atoms with E-state index in [1.807, 2.05) is 29.2 Å². The number of carboxylic acid groups (broad SMARTS) is 1. The van der Waals surface area contributed by atoms with Gasteiger partial charge in [-0.2, -0.15) is 0 Å². The van der Waals surface area contributed by atoms with Gasteiger partial charge in [0.15, 0.2) is 0 Å². The van der Waals surface area contributed by atoms with Crippen LogP contribution in [0.3, 0.4) is 0 Å². The van der Waals surface area contributed by atoms with E-state index in [-0.39, 0.29) is 12.3 Å². The first-order valence-electron chi connectivity index (χ1n) is 7.22. The Bertz CT molecular complexity index is 467. The molecule has 0 atom stereocenters. The van der Waals surface area contributed by atoms with Crippen LogP contribution in [-0.4, -0.2) is 28.4 Å². The average molecular weight is 275 g/mol. The summed E-state index contributed by atoms with van der Waals surface area (Å²) in [5.41, 5.74) is 1.85. The van der Waals surface area contributed by atoms with Crippen molar-refractivity contribution in [1.29, 1.82) is 0 Å². The zero-order valence-corrected chi connectivity index (χ0v) is 11.7. The molecule has 108 valence electrons. The fourth-order valence-electron chi connectivity index (χ4n) is 2.54. The second-order valence-electron chi connectivity index (χ2n) is 5.37. The molecule has 0 aliphatic carbocycles. The molecule has 4 nitrogen and oxygen atoms in total. The highest BCUT2D eigenvalue weighted by Gasteiger charge is 2.15. The molecule has 0 unspecified atom stereocenters. The van der Waals surface area contributed by atoms with Crippen LogP contribution in [0.5, 0.6) is 0 Å². The first-order chi connectivity index (χ1) is 9.65. The van der Waals surface area contributed by atoms with Gasteiger partial charge in [-0.05, 0) is 24.0 Å². The fourth-order valence-corrected chi connectivity index (χ4v) is 2.54. The number of likely N-dealkylation sites (tertiary alicyclic amines) is 1. The molecule has 0 bridgehead atoms. The van der Waals surface area contributed by atoms with E-state index in [0.717, 1.165) is 36.9 Å². The Morgan fingerprint density at radius 3 is 2.40 bits per heavy atom. The second kappa shape index (κ2) is 7.08. The highest BCUT2D eigenvalue weighted by atomic mass is 16.4. The molecule has 1 saturated heterocycles. The smallest absolute Gasteiger partial charge is 0.307 e. The SMILES string of the molecule is O=C(O)Cc1ccc(CN2CCCCCCC2=O)cc1. The molecule has 1 N–H and O–H groups in total. The molecule has 1 aromatic rings. The van der Waals surface area contributed by atoms with Crippen molar-refractivity contribution >= 4 is 11.9 Å². The molecule has 1 aliphatic rings. The molecule has 1 heterocycles. The average Bonchev–Trinajstić information content (AvgIpc) is 2.40. The first kappa shape index (κ1) is 14.6. The summed E-state index contributed by atoms with van der Waals surface area (Å²) in [5, 5.41) is 8.74. The van der Waals surface area contributed by atoms with E-state index < -0.39 is 5.97 Å². The van der Waals surface area contributed by atoms with Crippen molar-refractivity contribution in [1.82, 2.24) is 4.90 Å². The Morgan fingerprint density at radius 2 is 1.70 bits per heavy atom. The lowest BCUT2D eigenvalue weighted by molar-refractivity contribution is -0.136. The summed E-state index contributed by atoms with van der Waals surface area (Å²) in [5.74, 6) is -0.587. The molecule has 0 aromatic heterocycles. The molecule has 4 heteroatoms. The number of carbonyl (C=O) groups excluding carboxylic acids is 1. The maximum absolute atomic E-state index is 12.0. The van der Waals surface area contributed by atoms with Crippen molar-refractivity contribution in [2.45, 2.75) is 45.1 Å². The monoisotopic (exact) mass is 275 g/mol. The van der Waals surface area contributed by atoms with Crippen molar-refractivity contribution in [3.63, 3.8) is 0 Å².